The second kappa shape index (κ2) is 7.65. The number of rotatable bonds is 6. The fraction of sp³-hybridized carbons (Fsp3) is 0.688. The first-order valence-electron chi connectivity index (χ1n) is 7.85. The van der Waals surface area contributed by atoms with Gasteiger partial charge in [0.05, 0.1) is 26.6 Å². The van der Waals surface area contributed by atoms with Gasteiger partial charge in [0.1, 0.15) is 12.7 Å². The average Bonchev–Trinajstić information content (AvgIpc) is 2.61. The molecule has 0 saturated heterocycles. The van der Waals surface area contributed by atoms with Crippen molar-refractivity contribution in [1.82, 2.24) is 0 Å². The van der Waals surface area contributed by atoms with Gasteiger partial charge < -0.3 is 18.9 Å². The molecule has 2 atom stereocenters. The number of hydrogen-bond donors (Lipinski definition) is 0. The smallest absolute Gasteiger partial charge is 0.437 e. The van der Waals surface area contributed by atoms with Crippen LogP contribution in [0.15, 0.2) is 17.4 Å². The number of carbonyl (C=O) groups is 2. The number of hydrogen-bond acceptors (Lipinski definition) is 7. The largest absolute Gasteiger partial charge is 0.512 e. The van der Waals surface area contributed by atoms with Crippen LogP contribution in [0.4, 0.5) is 9.59 Å². The summed E-state index contributed by atoms with van der Waals surface area (Å²) < 4.78 is 20.6. The highest BCUT2D eigenvalue weighted by Gasteiger charge is 2.61. The van der Waals surface area contributed by atoms with E-state index in [1.54, 1.807) is 32.5 Å². The van der Waals surface area contributed by atoms with Gasteiger partial charge in [0.15, 0.2) is 0 Å². The van der Waals surface area contributed by atoms with E-state index in [0.717, 1.165) is 0 Å². The molecule has 0 amide bonds. The third-order valence-electron chi connectivity index (χ3n) is 4.82. The van der Waals surface area contributed by atoms with Crippen LogP contribution in [0, 0.1) is 0 Å². The Balaban J connectivity index is 3.45. The highest BCUT2D eigenvalue weighted by atomic mass is 16.8. The van der Waals surface area contributed by atoms with Gasteiger partial charge in [-0.1, -0.05) is 13.8 Å². The number of nitrogens with zero attached hydrogens (tertiary/aromatic N) is 2. The zero-order valence-electron chi connectivity index (χ0n) is 15.2. The quantitative estimate of drug-likeness (QED) is 0.544. The zero-order chi connectivity index (χ0) is 18.4. The second-order valence-corrected chi connectivity index (χ2v) is 5.85. The molecule has 0 bridgehead atoms. The van der Waals surface area contributed by atoms with Gasteiger partial charge in [0.25, 0.3) is 11.4 Å². The highest BCUT2D eigenvalue weighted by molar-refractivity contribution is 5.62. The maximum absolute atomic E-state index is 11.8. The summed E-state index contributed by atoms with van der Waals surface area (Å²) in [4.78, 5) is 27.7. The summed E-state index contributed by atoms with van der Waals surface area (Å²) in [6.07, 6.45) is 4.39. The Kier molecular flexibility index (Phi) is 6.36. The molecular weight excluding hydrogens is 316 g/mol. The Morgan fingerprint density at radius 2 is 1.50 bits per heavy atom. The van der Waals surface area contributed by atoms with E-state index in [4.69, 9.17) is 9.47 Å². The van der Waals surface area contributed by atoms with E-state index in [0.29, 0.717) is 19.4 Å². The molecule has 1 heterocycles. The van der Waals surface area contributed by atoms with Crippen molar-refractivity contribution in [3.63, 3.8) is 0 Å². The normalized spacial score (nSPS) is 24.4. The maximum Gasteiger partial charge on any atom is 0.512 e. The summed E-state index contributed by atoms with van der Waals surface area (Å²) in [7, 11) is 2.50. The van der Waals surface area contributed by atoms with Gasteiger partial charge in [-0.25, -0.2) is 14.1 Å². The fourth-order valence-electron chi connectivity index (χ4n) is 2.97. The average molecular weight is 343 g/mol. The minimum Gasteiger partial charge on any atom is -0.437 e. The summed E-state index contributed by atoms with van der Waals surface area (Å²) in [5.41, 5.74) is -2.09. The summed E-state index contributed by atoms with van der Waals surface area (Å²) in [6.45, 7) is 7.70. The van der Waals surface area contributed by atoms with Gasteiger partial charge in [-0.15, -0.1) is 0 Å². The van der Waals surface area contributed by atoms with Crippen LogP contribution in [-0.2, 0) is 18.9 Å². The Morgan fingerprint density at radius 3 is 1.79 bits per heavy atom. The van der Waals surface area contributed by atoms with Crippen LogP contribution in [0.3, 0.4) is 0 Å². The standard InChI is InChI=1S/C16H27N2O6/c1-7-15(3,23-13(19)21-5)18(11-9-17-10-12-18)16(4,8-2)24-14(20)22-6/h9-11H,7-8,12H2,1-6H3/q+1. The first-order valence-corrected chi connectivity index (χ1v) is 7.85. The fourth-order valence-corrected chi connectivity index (χ4v) is 2.97. The van der Waals surface area contributed by atoms with Crippen molar-refractivity contribution < 1.29 is 33.0 Å². The van der Waals surface area contributed by atoms with Crippen LogP contribution in [-0.4, -0.2) is 55.2 Å². The van der Waals surface area contributed by atoms with Gasteiger partial charge in [0.2, 0.25) is 0 Å². The van der Waals surface area contributed by atoms with E-state index in [-0.39, 0.29) is 4.48 Å². The van der Waals surface area contributed by atoms with Gasteiger partial charge in [-0.3, -0.25) is 4.99 Å². The third-order valence-corrected chi connectivity index (χ3v) is 4.82. The summed E-state index contributed by atoms with van der Waals surface area (Å²) >= 11 is 0. The lowest BCUT2D eigenvalue weighted by molar-refractivity contribution is -1.01. The Hall–Kier alpha value is -2.09. The molecule has 2 unspecified atom stereocenters. The molecule has 0 aromatic heterocycles. The van der Waals surface area contributed by atoms with Crippen molar-refractivity contribution in [2.75, 3.05) is 20.8 Å². The second-order valence-electron chi connectivity index (χ2n) is 5.85. The molecule has 8 heteroatoms. The van der Waals surface area contributed by atoms with Crippen molar-refractivity contribution in [3.05, 3.63) is 12.4 Å². The van der Waals surface area contributed by atoms with Gasteiger partial charge >= 0.3 is 12.3 Å². The predicted molar refractivity (Wildman–Crippen MR) is 87.1 cm³/mol. The molecule has 0 aromatic rings. The van der Waals surface area contributed by atoms with Crippen molar-refractivity contribution in [2.45, 2.75) is 52.0 Å². The highest BCUT2D eigenvalue weighted by Crippen LogP contribution is 2.43. The summed E-state index contributed by atoms with van der Waals surface area (Å²) in [6, 6.07) is 0. The molecule has 136 valence electrons. The maximum atomic E-state index is 11.8. The van der Waals surface area contributed by atoms with E-state index in [2.05, 4.69) is 14.5 Å². The van der Waals surface area contributed by atoms with Crippen LogP contribution in [0.5, 0.6) is 0 Å². The van der Waals surface area contributed by atoms with Gasteiger partial charge in [0, 0.05) is 26.7 Å². The van der Waals surface area contributed by atoms with E-state index in [9.17, 15) is 9.59 Å². The van der Waals surface area contributed by atoms with Crippen molar-refractivity contribution in [1.29, 1.82) is 0 Å². The van der Waals surface area contributed by atoms with Crippen molar-refractivity contribution in [2.24, 2.45) is 4.99 Å². The predicted octanol–water partition coefficient (Wildman–Crippen LogP) is 3.18. The van der Waals surface area contributed by atoms with E-state index in [1.165, 1.54) is 14.2 Å². The molecule has 0 fully saturated rings. The molecule has 0 N–H and O–H groups in total. The van der Waals surface area contributed by atoms with Crippen molar-refractivity contribution >= 4 is 18.5 Å². The SMILES string of the molecule is CCC(C)(OC(=O)OC)[N+]1(C(C)(CC)OC(=O)OC)C=CN=CC1. The molecular formula is C16H27N2O6+. The Morgan fingerprint density at radius 1 is 1.04 bits per heavy atom. The molecule has 0 saturated carbocycles. The molecule has 1 aliphatic rings. The number of carbonyl (C=O) groups excluding carboxylic acids is 2. The number of quaternary nitrogens is 1. The summed E-state index contributed by atoms with van der Waals surface area (Å²) in [5.74, 6) is 0. The molecule has 0 aromatic carbocycles. The molecule has 0 radical (unpaired) electrons. The van der Waals surface area contributed by atoms with Crippen LogP contribution < -0.4 is 0 Å². The minimum atomic E-state index is -1.05. The monoisotopic (exact) mass is 343 g/mol. The molecule has 24 heavy (non-hydrogen) atoms. The van der Waals surface area contributed by atoms with Crippen LogP contribution in [0.25, 0.3) is 0 Å². The number of aliphatic imine (C=N–C) groups is 1. The van der Waals surface area contributed by atoms with Crippen LogP contribution in [0.2, 0.25) is 0 Å². The van der Waals surface area contributed by atoms with E-state index in [1.807, 2.05) is 13.8 Å². The number of ether oxygens (including phenoxy) is 4. The molecule has 1 rings (SSSR count). The first kappa shape index (κ1) is 20.0. The third kappa shape index (κ3) is 3.38. The Bertz CT molecular complexity index is 501. The lowest BCUT2D eigenvalue weighted by atomic mass is 9.97. The van der Waals surface area contributed by atoms with Crippen LogP contribution in [0.1, 0.15) is 40.5 Å². The molecule has 8 nitrogen and oxygen atoms in total. The molecule has 0 aliphatic carbocycles. The first-order chi connectivity index (χ1) is 11.2. The van der Waals surface area contributed by atoms with E-state index >= 15 is 0 Å². The molecule has 1 aliphatic heterocycles. The lowest BCUT2D eigenvalue weighted by Crippen LogP contribution is -2.73. The number of methoxy groups -OCH3 is 2. The van der Waals surface area contributed by atoms with E-state index < -0.39 is 23.8 Å². The molecule has 0 spiro atoms. The minimum absolute atomic E-state index is 0.0285. The van der Waals surface area contributed by atoms with Crippen LogP contribution >= 0.6 is 0 Å². The Labute approximate surface area is 142 Å². The lowest BCUT2D eigenvalue weighted by Gasteiger charge is -2.54. The van der Waals surface area contributed by atoms with Gasteiger partial charge in [-0.2, -0.15) is 0 Å². The topological polar surface area (TPSA) is 83.4 Å². The van der Waals surface area contributed by atoms with Crippen molar-refractivity contribution in [3.8, 4) is 0 Å². The summed E-state index contributed by atoms with van der Waals surface area (Å²) in [5, 5.41) is 0. The zero-order valence-corrected chi connectivity index (χ0v) is 15.2. The van der Waals surface area contributed by atoms with Gasteiger partial charge in [-0.05, 0) is 0 Å².